The molecular weight excluding hydrogens is 443 g/mol. The molecule has 0 fully saturated rings. The second-order valence-corrected chi connectivity index (χ2v) is 9.21. The van der Waals surface area contributed by atoms with Gasteiger partial charge in [0.25, 0.3) is 0 Å². The van der Waals surface area contributed by atoms with E-state index in [1.165, 1.54) is 30.8 Å². The first-order chi connectivity index (χ1) is 15.7. The molecule has 0 saturated carbocycles. The number of aromatic nitrogens is 3. The predicted octanol–water partition coefficient (Wildman–Crippen LogP) is 5.46. The highest BCUT2D eigenvalue weighted by Crippen LogP contribution is 2.30. The molecule has 1 N–H and O–H groups in total. The quantitative estimate of drug-likeness (QED) is 0.330. The number of Topliss-reactive ketones (excluding diaryl/α,β-unsaturated/α-hetero) is 1. The van der Waals surface area contributed by atoms with E-state index >= 15 is 0 Å². The van der Waals surface area contributed by atoms with Gasteiger partial charge in [0.05, 0.1) is 5.25 Å². The average molecular weight is 471 g/mol. The first-order valence-corrected chi connectivity index (χ1v) is 11.5. The van der Waals surface area contributed by atoms with Gasteiger partial charge in [-0.1, -0.05) is 23.9 Å². The normalized spacial score (nSPS) is 12.9. The van der Waals surface area contributed by atoms with Crippen molar-refractivity contribution in [3.63, 3.8) is 0 Å². The van der Waals surface area contributed by atoms with Crippen LogP contribution in [0.1, 0.15) is 62.9 Å². The van der Waals surface area contributed by atoms with Crippen LogP contribution in [0.25, 0.3) is 0 Å². The fraction of sp³-hybridized carbons (Fsp3) is 0.333. The van der Waals surface area contributed by atoms with Crippen LogP contribution in [0.2, 0.25) is 0 Å². The van der Waals surface area contributed by atoms with Crippen molar-refractivity contribution in [3.05, 3.63) is 65.7 Å². The van der Waals surface area contributed by atoms with Crippen LogP contribution in [0.3, 0.4) is 0 Å². The van der Waals surface area contributed by atoms with E-state index in [-0.39, 0.29) is 23.5 Å². The number of ketones is 1. The van der Waals surface area contributed by atoms with Crippen molar-refractivity contribution in [2.24, 2.45) is 0 Å². The SMILES string of the molecule is CC(=O)c1cccc(NC(=O)C(C)Sc2nnc(C(C)Oc3ccc(F)cc3)n2C(C)C)c1. The number of amides is 1. The van der Waals surface area contributed by atoms with Gasteiger partial charge in [0.2, 0.25) is 5.91 Å². The fourth-order valence-electron chi connectivity index (χ4n) is 3.17. The van der Waals surface area contributed by atoms with Gasteiger partial charge in [0.15, 0.2) is 22.9 Å². The van der Waals surface area contributed by atoms with Crippen LogP contribution < -0.4 is 10.1 Å². The molecule has 2 aromatic carbocycles. The molecule has 0 saturated heterocycles. The standard InChI is InChI=1S/C24H27FN4O3S/c1-14(2)29-22(16(4)32-21-11-9-19(25)10-12-21)27-28-24(29)33-17(5)23(31)26-20-8-6-7-18(13-20)15(3)30/h6-14,16-17H,1-5H3,(H,26,31). The van der Waals surface area contributed by atoms with E-state index in [0.717, 1.165) is 0 Å². The minimum atomic E-state index is -0.464. The molecule has 0 aliphatic rings. The number of carbonyl (C=O) groups excluding carboxylic acids is 2. The van der Waals surface area contributed by atoms with E-state index in [1.807, 2.05) is 25.3 Å². The van der Waals surface area contributed by atoms with Crippen LogP contribution in [-0.2, 0) is 4.79 Å². The number of anilines is 1. The second kappa shape index (κ2) is 10.6. The van der Waals surface area contributed by atoms with Crippen molar-refractivity contribution in [2.45, 2.75) is 57.2 Å². The van der Waals surface area contributed by atoms with Crippen LogP contribution in [0.15, 0.2) is 53.7 Å². The molecule has 0 radical (unpaired) electrons. The lowest BCUT2D eigenvalue weighted by Crippen LogP contribution is -2.23. The smallest absolute Gasteiger partial charge is 0.237 e. The number of hydrogen-bond donors (Lipinski definition) is 1. The van der Waals surface area contributed by atoms with Crippen LogP contribution in [0, 0.1) is 5.82 Å². The molecule has 1 aromatic heterocycles. The highest BCUT2D eigenvalue weighted by molar-refractivity contribution is 8.00. The summed E-state index contributed by atoms with van der Waals surface area (Å²) >= 11 is 1.29. The topological polar surface area (TPSA) is 86.1 Å². The summed E-state index contributed by atoms with van der Waals surface area (Å²) in [6.45, 7) is 9.11. The lowest BCUT2D eigenvalue weighted by Gasteiger charge is -2.19. The Labute approximate surface area is 196 Å². The molecule has 1 amide bonds. The van der Waals surface area contributed by atoms with Gasteiger partial charge in [0.1, 0.15) is 11.6 Å². The first kappa shape index (κ1) is 24.4. The maximum absolute atomic E-state index is 13.2. The molecule has 9 heteroatoms. The van der Waals surface area contributed by atoms with Gasteiger partial charge in [-0.25, -0.2) is 4.39 Å². The fourth-order valence-corrected chi connectivity index (χ4v) is 4.16. The maximum atomic E-state index is 13.2. The summed E-state index contributed by atoms with van der Waals surface area (Å²) in [6, 6.07) is 12.7. The van der Waals surface area contributed by atoms with E-state index in [9.17, 15) is 14.0 Å². The zero-order valence-corrected chi connectivity index (χ0v) is 20.0. The molecule has 0 aliphatic carbocycles. The van der Waals surface area contributed by atoms with Crippen LogP contribution in [0.5, 0.6) is 5.75 Å². The summed E-state index contributed by atoms with van der Waals surface area (Å²) in [6.07, 6.45) is -0.432. The molecule has 0 bridgehead atoms. The number of nitrogens with zero attached hydrogens (tertiary/aromatic N) is 3. The lowest BCUT2D eigenvalue weighted by atomic mass is 10.1. The molecule has 3 rings (SSSR count). The molecule has 33 heavy (non-hydrogen) atoms. The number of nitrogens with one attached hydrogen (secondary N) is 1. The van der Waals surface area contributed by atoms with Crippen LogP contribution >= 0.6 is 11.8 Å². The molecule has 2 unspecified atom stereocenters. The van der Waals surface area contributed by atoms with E-state index in [4.69, 9.17) is 4.74 Å². The first-order valence-electron chi connectivity index (χ1n) is 10.6. The van der Waals surface area contributed by atoms with Crippen molar-refractivity contribution >= 4 is 29.1 Å². The number of rotatable bonds is 9. The Hall–Kier alpha value is -3.20. The molecule has 0 aliphatic heterocycles. The summed E-state index contributed by atoms with van der Waals surface area (Å²) in [5.41, 5.74) is 1.10. The van der Waals surface area contributed by atoms with Gasteiger partial charge in [-0.3, -0.25) is 9.59 Å². The van der Waals surface area contributed by atoms with E-state index < -0.39 is 11.4 Å². The number of hydrogen-bond acceptors (Lipinski definition) is 6. The predicted molar refractivity (Wildman–Crippen MR) is 126 cm³/mol. The van der Waals surface area contributed by atoms with Crippen LogP contribution in [0.4, 0.5) is 10.1 Å². The van der Waals surface area contributed by atoms with Gasteiger partial charge in [-0.2, -0.15) is 0 Å². The summed E-state index contributed by atoms with van der Waals surface area (Å²) in [5.74, 6) is 0.522. The highest BCUT2D eigenvalue weighted by Gasteiger charge is 2.25. The van der Waals surface area contributed by atoms with Crippen molar-refractivity contribution in [1.29, 1.82) is 0 Å². The lowest BCUT2D eigenvalue weighted by molar-refractivity contribution is -0.115. The molecular formula is C24H27FN4O3S. The number of halogens is 1. The average Bonchev–Trinajstić information content (AvgIpc) is 3.19. The third-order valence-corrected chi connectivity index (χ3v) is 5.94. The Kier molecular flexibility index (Phi) is 7.86. The van der Waals surface area contributed by atoms with Gasteiger partial charge >= 0.3 is 0 Å². The zero-order valence-electron chi connectivity index (χ0n) is 19.2. The summed E-state index contributed by atoms with van der Waals surface area (Å²) in [4.78, 5) is 24.3. The van der Waals surface area contributed by atoms with Crippen molar-refractivity contribution < 1.29 is 18.7 Å². The Morgan fingerprint density at radius 1 is 1.06 bits per heavy atom. The molecule has 7 nitrogen and oxygen atoms in total. The Morgan fingerprint density at radius 3 is 2.39 bits per heavy atom. The van der Waals surface area contributed by atoms with Crippen molar-refractivity contribution in [3.8, 4) is 5.75 Å². The highest BCUT2D eigenvalue weighted by atomic mass is 32.2. The second-order valence-electron chi connectivity index (χ2n) is 7.90. The summed E-state index contributed by atoms with van der Waals surface area (Å²) in [5, 5.41) is 11.6. The van der Waals surface area contributed by atoms with E-state index in [2.05, 4.69) is 15.5 Å². The molecule has 0 spiro atoms. The Balaban J connectivity index is 1.73. The maximum Gasteiger partial charge on any atom is 0.237 e. The monoisotopic (exact) mass is 470 g/mol. The third-order valence-electron chi connectivity index (χ3n) is 4.89. The number of ether oxygens (including phenoxy) is 1. The van der Waals surface area contributed by atoms with Gasteiger partial charge in [-0.15, -0.1) is 10.2 Å². The largest absolute Gasteiger partial charge is 0.483 e. The number of thioether (sulfide) groups is 1. The summed E-state index contributed by atoms with van der Waals surface area (Å²) < 4.78 is 21.0. The Morgan fingerprint density at radius 2 is 1.76 bits per heavy atom. The number of benzene rings is 2. The van der Waals surface area contributed by atoms with Crippen molar-refractivity contribution in [1.82, 2.24) is 14.8 Å². The minimum absolute atomic E-state index is 0.0271. The number of carbonyl (C=O) groups is 2. The molecule has 3 aromatic rings. The van der Waals surface area contributed by atoms with Gasteiger partial charge in [-0.05, 0) is 71.0 Å². The molecule has 174 valence electrons. The van der Waals surface area contributed by atoms with E-state index in [1.54, 1.807) is 43.3 Å². The van der Waals surface area contributed by atoms with Gasteiger partial charge in [0, 0.05) is 17.3 Å². The molecule has 2 atom stereocenters. The van der Waals surface area contributed by atoms with E-state index in [0.29, 0.717) is 28.0 Å². The Bertz CT molecular complexity index is 1130. The summed E-state index contributed by atoms with van der Waals surface area (Å²) in [7, 11) is 0. The van der Waals surface area contributed by atoms with Crippen molar-refractivity contribution in [2.75, 3.05) is 5.32 Å². The van der Waals surface area contributed by atoms with Gasteiger partial charge < -0.3 is 14.6 Å². The molecule has 1 heterocycles. The third kappa shape index (κ3) is 6.19. The van der Waals surface area contributed by atoms with Crippen LogP contribution in [-0.4, -0.2) is 31.7 Å². The zero-order chi connectivity index (χ0) is 24.1. The minimum Gasteiger partial charge on any atom is -0.483 e.